The van der Waals surface area contributed by atoms with Gasteiger partial charge in [0.2, 0.25) is 0 Å². The fraction of sp³-hybridized carbons (Fsp3) is 0.553. The van der Waals surface area contributed by atoms with Gasteiger partial charge in [0.1, 0.15) is 0 Å². The quantitative estimate of drug-likeness (QED) is 0.223. The van der Waals surface area contributed by atoms with Gasteiger partial charge < -0.3 is 4.74 Å². The van der Waals surface area contributed by atoms with Crippen LogP contribution in [-0.4, -0.2) is 18.9 Å². The highest BCUT2D eigenvalue weighted by molar-refractivity contribution is 7.85. The summed E-state index contributed by atoms with van der Waals surface area (Å²) in [6.07, 6.45) is 13.8. The van der Waals surface area contributed by atoms with Gasteiger partial charge in [0.15, 0.2) is 0 Å². The molecule has 8 aliphatic carbocycles. The lowest BCUT2D eigenvalue weighted by Gasteiger charge is -2.57. The smallest absolute Gasteiger partial charge is 0.340 e. The Morgan fingerprint density at radius 1 is 0.727 bits per heavy atom. The molecule has 44 heavy (non-hydrogen) atoms. The van der Waals surface area contributed by atoms with E-state index in [1.54, 1.807) is 12.1 Å². The van der Waals surface area contributed by atoms with E-state index in [0.717, 1.165) is 47.4 Å². The molecule has 0 heterocycles. The first kappa shape index (κ1) is 27.6. The number of hydrogen-bond acceptors (Lipinski definition) is 4. The van der Waals surface area contributed by atoms with Gasteiger partial charge in [0.05, 0.1) is 5.56 Å². The highest BCUT2D eigenvalue weighted by atomic mass is 32.2. The third-order valence-electron chi connectivity index (χ3n) is 13.0. The van der Waals surface area contributed by atoms with Gasteiger partial charge in [0, 0.05) is 5.56 Å². The Morgan fingerprint density at radius 2 is 1.32 bits per heavy atom. The lowest BCUT2D eigenvalue weighted by molar-refractivity contribution is -0.00677. The van der Waals surface area contributed by atoms with Crippen molar-refractivity contribution in [2.75, 3.05) is 0 Å². The largest absolute Gasteiger partial charge is 0.435 e. The maximum atomic E-state index is 14.4. The molecule has 11 rings (SSSR count). The molecule has 8 fully saturated rings. The summed E-state index contributed by atoms with van der Waals surface area (Å²) in [4.78, 5) is 14.4. The van der Waals surface area contributed by atoms with Crippen molar-refractivity contribution in [1.29, 1.82) is 0 Å². The molecule has 5 nitrogen and oxygen atoms in total. The van der Waals surface area contributed by atoms with E-state index in [1.165, 1.54) is 56.9 Å². The molecule has 3 aromatic carbocycles. The summed E-state index contributed by atoms with van der Waals surface area (Å²) >= 11 is 0. The molecule has 230 valence electrons. The Morgan fingerprint density at radius 3 is 1.93 bits per heavy atom. The van der Waals surface area contributed by atoms with E-state index in [-0.39, 0.29) is 11.0 Å². The van der Waals surface area contributed by atoms with Gasteiger partial charge in [-0.05, 0) is 157 Å². The highest BCUT2D eigenvalue weighted by Gasteiger charge is 2.53. The minimum atomic E-state index is -4.73. The normalized spacial score (nSPS) is 37.4. The Labute approximate surface area is 260 Å². The lowest BCUT2D eigenvalue weighted by Crippen LogP contribution is -2.49. The summed E-state index contributed by atoms with van der Waals surface area (Å²) in [7, 11) is -4.73. The molecule has 0 saturated heterocycles. The van der Waals surface area contributed by atoms with Crippen LogP contribution in [0.3, 0.4) is 0 Å². The average molecular weight is 611 g/mol. The second-order valence-corrected chi connectivity index (χ2v) is 17.3. The molecule has 1 N–H and O–H groups in total. The SMILES string of the molecule is O=C(OC(c1ccc2ccccc2c1)S(=O)(=O)O)c1cc(C2C3CC4CC(C3)CC2C4)ccc1C12CC3CC(CC(C3)C1)C2. The van der Waals surface area contributed by atoms with Crippen molar-refractivity contribution in [3.63, 3.8) is 0 Å². The van der Waals surface area contributed by atoms with Gasteiger partial charge >= 0.3 is 16.1 Å². The Hall–Kier alpha value is -2.70. The van der Waals surface area contributed by atoms with Gasteiger partial charge in [-0.2, -0.15) is 8.42 Å². The van der Waals surface area contributed by atoms with Crippen LogP contribution in [-0.2, 0) is 20.3 Å². The van der Waals surface area contributed by atoms with Crippen molar-refractivity contribution in [3.05, 3.63) is 82.9 Å². The molecule has 0 spiro atoms. The molecule has 8 bridgehead atoms. The van der Waals surface area contributed by atoms with Crippen molar-refractivity contribution >= 4 is 26.9 Å². The van der Waals surface area contributed by atoms with Crippen LogP contribution in [0.4, 0.5) is 0 Å². The Kier molecular flexibility index (Phi) is 6.21. The summed E-state index contributed by atoms with van der Waals surface area (Å²) in [6.45, 7) is 0. The molecule has 3 aromatic rings. The monoisotopic (exact) mass is 610 g/mol. The average Bonchev–Trinajstić information content (AvgIpc) is 2.97. The minimum absolute atomic E-state index is 0.0533. The van der Waals surface area contributed by atoms with Crippen LogP contribution in [0, 0.1) is 41.4 Å². The van der Waals surface area contributed by atoms with Crippen LogP contribution in [0.5, 0.6) is 0 Å². The number of hydrogen-bond donors (Lipinski definition) is 1. The number of fused-ring (bicyclic) bond motifs is 1. The fourth-order valence-corrected chi connectivity index (χ4v) is 12.8. The van der Waals surface area contributed by atoms with Crippen molar-refractivity contribution in [2.24, 2.45) is 41.4 Å². The third kappa shape index (κ3) is 4.49. The highest BCUT2D eigenvalue weighted by Crippen LogP contribution is 2.63. The van der Waals surface area contributed by atoms with Gasteiger partial charge in [-0.3, -0.25) is 4.55 Å². The zero-order valence-electron chi connectivity index (χ0n) is 25.2. The molecule has 8 aliphatic rings. The van der Waals surface area contributed by atoms with Crippen LogP contribution in [0.1, 0.15) is 109 Å². The van der Waals surface area contributed by atoms with E-state index in [2.05, 4.69) is 18.2 Å². The molecular weight excluding hydrogens is 568 g/mol. The number of carbonyl (C=O) groups is 1. The fourth-order valence-electron chi connectivity index (χ4n) is 12.1. The summed E-state index contributed by atoms with van der Waals surface area (Å²) in [5.41, 5.74) is 1.24. The number of ether oxygens (including phenoxy) is 1. The zero-order chi connectivity index (χ0) is 29.8. The molecule has 0 aliphatic heterocycles. The second-order valence-electron chi connectivity index (χ2n) is 15.8. The van der Waals surface area contributed by atoms with Crippen molar-refractivity contribution in [3.8, 4) is 0 Å². The maximum absolute atomic E-state index is 14.4. The van der Waals surface area contributed by atoms with E-state index < -0.39 is 21.5 Å². The zero-order valence-corrected chi connectivity index (χ0v) is 26.1. The Bertz CT molecular complexity index is 1690. The standard InChI is InChI=1S/C38H42O5S/c39-36(43-37(44(40,41)42)30-6-5-27-3-1-2-4-28(27)17-30)33-18-29(35-31-13-22-9-23(15-31)16-32(35)14-22)7-8-34(33)38-19-24-10-25(20-38)12-26(11-24)21-38/h1-8,17-18,22-26,31-32,35,37H,9-16,19-21H2,(H,40,41,42). The lowest BCUT2D eigenvalue weighted by atomic mass is 9.47. The molecule has 8 saturated carbocycles. The van der Waals surface area contributed by atoms with Crippen LogP contribution < -0.4 is 0 Å². The minimum Gasteiger partial charge on any atom is -0.435 e. The summed E-state index contributed by atoms with van der Waals surface area (Å²) in [5.74, 6) is 5.01. The van der Waals surface area contributed by atoms with Gasteiger partial charge in [-0.25, -0.2) is 4.79 Å². The molecule has 1 unspecified atom stereocenters. The van der Waals surface area contributed by atoms with Crippen LogP contribution in [0.2, 0.25) is 0 Å². The summed E-state index contributed by atoms with van der Waals surface area (Å²) in [5, 5.41) is 1.77. The maximum Gasteiger partial charge on any atom is 0.340 e. The predicted molar refractivity (Wildman–Crippen MR) is 170 cm³/mol. The van der Waals surface area contributed by atoms with E-state index in [1.807, 2.05) is 30.3 Å². The van der Waals surface area contributed by atoms with Crippen molar-refractivity contribution in [2.45, 2.75) is 87.4 Å². The van der Waals surface area contributed by atoms with E-state index in [9.17, 15) is 17.8 Å². The molecule has 6 heteroatoms. The number of esters is 1. The van der Waals surface area contributed by atoms with Crippen LogP contribution >= 0.6 is 0 Å². The first-order valence-corrected chi connectivity index (χ1v) is 18.5. The Balaban J connectivity index is 1.12. The molecule has 0 aromatic heterocycles. The molecule has 0 amide bonds. The van der Waals surface area contributed by atoms with Crippen LogP contribution in [0.15, 0.2) is 60.7 Å². The van der Waals surface area contributed by atoms with Crippen molar-refractivity contribution < 1.29 is 22.5 Å². The third-order valence-corrected chi connectivity index (χ3v) is 13.9. The van der Waals surface area contributed by atoms with Crippen LogP contribution in [0.25, 0.3) is 10.8 Å². The van der Waals surface area contributed by atoms with Gasteiger partial charge in [0.25, 0.3) is 5.44 Å². The molecular formula is C38H42O5S. The number of carbonyl (C=O) groups excluding carboxylic acids is 1. The first-order valence-electron chi connectivity index (χ1n) is 17.0. The van der Waals surface area contributed by atoms with E-state index in [4.69, 9.17) is 4.74 Å². The van der Waals surface area contributed by atoms with Gasteiger partial charge in [-0.1, -0.05) is 48.5 Å². The molecule has 0 radical (unpaired) electrons. The van der Waals surface area contributed by atoms with Crippen molar-refractivity contribution in [1.82, 2.24) is 0 Å². The number of rotatable bonds is 6. The number of benzene rings is 3. The molecule has 1 atom stereocenters. The summed E-state index contributed by atoms with van der Waals surface area (Å²) < 4.78 is 41.9. The first-order chi connectivity index (χ1) is 21.2. The van der Waals surface area contributed by atoms with E-state index in [0.29, 0.717) is 41.1 Å². The van der Waals surface area contributed by atoms with Gasteiger partial charge in [-0.15, -0.1) is 0 Å². The summed E-state index contributed by atoms with van der Waals surface area (Å²) in [6, 6.07) is 19.4. The predicted octanol–water partition coefficient (Wildman–Crippen LogP) is 8.59. The second kappa shape index (κ2) is 9.90. The van der Waals surface area contributed by atoms with E-state index >= 15 is 0 Å². The topological polar surface area (TPSA) is 80.7 Å².